The molecule has 0 heterocycles. The summed E-state index contributed by atoms with van der Waals surface area (Å²) in [5.41, 5.74) is 0. The highest BCUT2D eigenvalue weighted by atomic mass is 16.2. The molecule has 76 valence electrons. The summed E-state index contributed by atoms with van der Waals surface area (Å²) < 4.78 is 0. The molecule has 1 saturated carbocycles. The van der Waals surface area contributed by atoms with Gasteiger partial charge in [-0.1, -0.05) is 27.7 Å². The van der Waals surface area contributed by atoms with Crippen LogP contribution in [0, 0.1) is 23.7 Å². The molecule has 0 unspecified atom stereocenters. The lowest BCUT2D eigenvalue weighted by molar-refractivity contribution is 0.0302. The fourth-order valence-electron chi connectivity index (χ4n) is 1.77. The molecule has 2 N–H and O–H groups in total. The quantitative estimate of drug-likeness (QED) is 0.590. The summed E-state index contributed by atoms with van der Waals surface area (Å²) in [6.07, 6.45) is 0. The van der Waals surface area contributed by atoms with E-state index in [1.807, 2.05) is 0 Å². The first kappa shape index (κ1) is 14.4. The second kappa shape index (κ2) is 7.56. The van der Waals surface area contributed by atoms with Crippen LogP contribution in [-0.4, -0.2) is 24.4 Å². The molecule has 1 aliphatic rings. The number of aliphatic hydroxyl groups excluding tert-OH is 2. The first-order chi connectivity index (χ1) is 5.64. The molecule has 2 heteroatoms. The molecule has 0 bridgehead atoms. The Kier molecular flexibility index (Phi) is 9.10. The van der Waals surface area contributed by atoms with Gasteiger partial charge in [0.25, 0.3) is 0 Å². The van der Waals surface area contributed by atoms with Crippen LogP contribution >= 0.6 is 0 Å². The van der Waals surface area contributed by atoms with E-state index in [1.165, 1.54) is 0 Å². The second-order valence-corrected chi connectivity index (χ2v) is 3.44. The van der Waals surface area contributed by atoms with Crippen LogP contribution in [0.5, 0.6) is 0 Å². The van der Waals surface area contributed by atoms with Gasteiger partial charge < -0.3 is 10.2 Å². The summed E-state index contributed by atoms with van der Waals surface area (Å²) in [6, 6.07) is 0. The van der Waals surface area contributed by atoms with Crippen molar-refractivity contribution in [2.75, 3.05) is 14.2 Å². The molecule has 0 aromatic heterocycles. The summed E-state index contributed by atoms with van der Waals surface area (Å²) in [5, 5.41) is 14.0. The molecule has 2 nitrogen and oxygen atoms in total. The van der Waals surface area contributed by atoms with E-state index in [0.717, 1.165) is 37.9 Å². The van der Waals surface area contributed by atoms with E-state index < -0.39 is 0 Å². The molecule has 1 fully saturated rings. The van der Waals surface area contributed by atoms with E-state index >= 15 is 0 Å². The molecule has 0 spiro atoms. The Morgan fingerprint density at radius 3 is 0.667 bits per heavy atom. The van der Waals surface area contributed by atoms with E-state index in [0.29, 0.717) is 0 Å². The highest BCUT2D eigenvalue weighted by Crippen LogP contribution is 2.44. The topological polar surface area (TPSA) is 40.5 Å². The average molecular weight is 176 g/mol. The highest BCUT2D eigenvalue weighted by Gasteiger charge is 2.38. The van der Waals surface area contributed by atoms with Crippen LogP contribution in [0.3, 0.4) is 0 Å². The van der Waals surface area contributed by atoms with Gasteiger partial charge in [0.15, 0.2) is 0 Å². The first-order valence-electron chi connectivity index (χ1n) is 4.54. The van der Waals surface area contributed by atoms with Crippen molar-refractivity contribution >= 4 is 0 Å². The molecule has 1 aliphatic carbocycles. The van der Waals surface area contributed by atoms with E-state index in [1.54, 1.807) is 0 Å². The van der Waals surface area contributed by atoms with Gasteiger partial charge in [0, 0.05) is 14.2 Å². The largest absolute Gasteiger partial charge is 0.400 e. The first-order valence-corrected chi connectivity index (χ1v) is 4.54. The van der Waals surface area contributed by atoms with E-state index in [9.17, 15) is 0 Å². The molecule has 0 amide bonds. The molecule has 0 aromatic rings. The average Bonchev–Trinajstić information content (AvgIpc) is 2.20. The van der Waals surface area contributed by atoms with Gasteiger partial charge in [0.1, 0.15) is 0 Å². The van der Waals surface area contributed by atoms with Crippen molar-refractivity contribution in [1.29, 1.82) is 0 Å². The molecule has 0 radical (unpaired) electrons. The minimum absolute atomic E-state index is 0.977. The molecular formula is C10H24O2. The Morgan fingerprint density at radius 2 is 0.583 bits per heavy atom. The predicted molar refractivity (Wildman–Crippen MR) is 52.9 cm³/mol. The van der Waals surface area contributed by atoms with Crippen molar-refractivity contribution in [1.82, 2.24) is 0 Å². The lowest BCUT2D eigenvalue weighted by Crippen LogP contribution is -2.39. The van der Waals surface area contributed by atoms with Gasteiger partial charge >= 0.3 is 0 Å². The molecule has 0 aliphatic heterocycles. The van der Waals surface area contributed by atoms with Crippen molar-refractivity contribution in [2.45, 2.75) is 27.7 Å². The molecule has 1 rings (SSSR count). The van der Waals surface area contributed by atoms with Crippen LogP contribution in [0.1, 0.15) is 27.7 Å². The Bertz CT molecular complexity index is 61.8. The third-order valence-electron chi connectivity index (χ3n) is 3.32. The van der Waals surface area contributed by atoms with Crippen LogP contribution in [0.2, 0.25) is 0 Å². The molecule has 12 heavy (non-hydrogen) atoms. The summed E-state index contributed by atoms with van der Waals surface area (Å²) in [7, 11) is 2.00. The zero-order chi connectivity index (χ0) is 10.3. The van der Waals surface area contributed by atoms with Crippen molar-refractivity contribution in [3.05, 3.63) is 0 Å². The van der Waals surface area contributed by atoms with Crippen LogP contribution < -0.4 is 0 Å². The van der Waals surface area contributed by atoms with Crippen molar-refractivity contribution < 1.29 is 10.2 Å². The molecule has 0 atom stereocenters. The SMILES string of the molecule is CC1C(C)C(C)C1C.CO.CO. The van der Waals surface area contributed by atoms with Crippen molar-refractivity contribution in [3.63, 3.8) is 0 Å². The molecule has 0 saturated heterocycles. The summed E-state index contributed by atoms with van der Waals surface area (Å²) >= 11 is 0. The molecular weight excluding hydrogens is 152 g/mol. The fraction of sp³-hybridized carbons (Fsp3) is 1.00. The van der Waals surface area contributed by atoms with Crippen molar-refractivity contribution in [2.24, 2.45) is 23.7 Å². The van der Waals surface area contributed by atoms with Crippen molar-refractivity contribution in [3.8, 4) is 0 Å². The maximum Gasteiger partial charge on any atom is 0.0319 e. The van der Waals surface area contributed by atoms with Gasteiger partial charge in [0.2, 0.25) is 0 Å². The van der Waals surface area contributed by atoms with Gasteiger partial charge in [-0.25, -0.2) is 0 Å². The van der Waals surface area contributed by atoms with E-state index in [4.69, 9.17) is 10.2 Å². The Labute approximate surface area is 76.6 Å². The maximum atomic E-state index is 7.00. The fourth-order valence-corrected chi connectivity index (χ4v) is 1.77. The minimum Gasteiger partial charge on any atom is -0.400 e. The van der Waals surface area contributed by atoms with Gasteiger partial charge in [0.05, 0.1) is 0 Å². The monoisotopic (exact) mass is 176 g/mol. The minimum atomic E-state index is 0.977. The van der Waals surface area contributed by atoms with Gasteiger partial charge in [-0.3, -0.25) is 0 Å². The number of aliphatic hydroxyl groups is 2. The van der Waals surface area contributed by atoms with E-state index in [2.05, 4.69) is 27.7 Å². The Hall–Kier alpha value is -0.0800. The predicted octanol–water partition coefficient (Wildman–Crippen LogP) is 1.76. The lowest BCUT2D eigenvalue weighted by Gasteiger charge is -2.45. The highest BCUT2D eigenvalue weighted by molar-refractivity contribution is 4.86. The Balaban J connectivity index is 0. The van der Waals surface area contributed by atoms with Crippen LogP contribution in [-0.2, 0) is 0 Å². The van der Waals surface area contributed by atoms with Crippen LogP contribution in [0.25, 0.3) is 0 Å². The van der Waals surface area contributed by atoms with Crippen LogP contribution in [0.4, 0.5) is 0 Å². The normalized spacial score (nSPS) is 38.0. The van der Waals surface area contributed by atoms with Crippen LogP contribution in [0.15, 0.2) is 0 Å². The zero-order valence-corrected chi connectivity index (χ0v) is 9.20. The third kappa shape index (κ3) is 3.11. The smallest absolute Gasteiger partial charge is 0.0319 e. The number of hydrogen-bond acceptors (Lipinski definition) is 2. The molecule has 0 aromatic carbocycles. The summed E-state index contributed by atoms with van der Waals surface area (Å²) in [5.74, 6) is 3.91. The standard InChI is InChI=1S/C8H16.2CH4O/c1-5-6(2)8(4)7(5)3;2*1-2/h5-8H,1-4H3;2*2H,1H3. The number of rotatable bonds is 0. The summed E-state index contributed by atoms with van der Waals surface area (Å²) in [4.78, 5) is 0. The lowest BCUT2D eigenvalue weighted by atomic mass is 9.60. The summed E-state index contributed by atoms with van der Waals surface area (Å²) in [6.45, 7) is 9.43. The Morgan fingerprint density at radius 1 is 0.500 bits per heavy atom. The number of hydrogen-bond donors (Lipinski definition) is 2. The van der Waals surface area contributed by atoms with Gasteiger partial charge in [-0.05, 0) is 23.7 Å². The zero-order valence-electron chi connectivity index (χ0n) is 9.20. The van der Waals surface area contributed by atoms with Gasteiger partial charge in [-0.2, -0.15) is 0 Å². The second-order valence-electron chi connectivity index (χ2n) is 3.44. The third-order valence-corrected chi connectivity index (χ3v) is 3.32. The van der Waals surface area contributed by atoms with E-state index in [-0.39, 0.29) is 0 Å². The van der Waals surface area contributed by atoms with Gasteiger partial charge in [-0.15, -0.1) is 0 Å². The maximum absolute atomic E-state index is 7.00.